The van der Waals surface area contributed by atoms with Crippen LogP contribution in [0.3, 0.4) is 0 Å². The van der Waals surface area contributed by atoms with Crippen LogP contribution in [0.15, 0.2) is 29.4 Å². The number of hydrogen-bond donors (Lipinski definition) is 1. The van der Waals surface area contributed by atoms with Crippen molar-refractivity contribution >= 4 is 17.2 Å². The van der Waals surface area contributed by atoms with E-state index < -0.39 is 0 Å². The van der Waals surface area contributed by atoms with Crippen molar-refractivity contribution < 1.29 is 9.53 Å². The van der Waals surface area contributed by atoms with E-state index in [4.69, 9.17) is 4.74 Å². The highest BCUT2D eigenvalue weighted by molar-refractivity contribution is 6.40. The third-order valence-electron chi connectivity index (χ3n) is 4.42. The Balaban J connectivity index is 1.54. The number of Topliss-reactive ketones (excluding diaryl/α,β-unsaturated/α-hetero) is 1. The molecule has 2 aliphatic carbocycles. The number of carbonyl (C=O) groups excluding carboxylic acids is 1. The van der Waals surface area contributed by atoms with Crippen LogP contribution in [-0.2, 0) is 4.79 Å². The Morgan fingerprint density at radius 3 is 2.41 bits per heavy atom. The van der Waals surface area contributed by atoms with Crippen LogP contribution in [-0.4, -0.2) is 17.6 Å². The van der Waals surface area contributed by atoms with E-state index in [2.05, 4.69) is 10.5 Å². The zero-order valence-electron chi connectivity index (χ0n) is 13.0. The fourth-order valence-corrected chi connectivity index (χ4v) is 3.10. The molecule has 0 heterocycles. The molecule has 0 amide bonds. The molecule has 2 aliphatic rings. The highest BCUT2D eigenvalue weighted by Gasteiger charge is 2.16. The lowest BCUT2D eigenvalue weighted by atomic mass is 9.97. The summed E-state index contributed by atoms with van der Waals surface area (Å²) in [7, 11) is 0. The predicted octanol–water partition coefficient (Wildman–Crippen LogP) is 4.31. The number of nitrogens with one attached hydrogen (secondary N) is 1. The fourth-order valence-electron chi connectivity index (χ4n) is 3.10. The summed E-state index contributed by atoms with van der Waals surface area (Å²) in [6, 6.07) is 7.85. The minimum Gasteiger partial charge on any atom is -0.490 e. The molecule has 1 N–H and O–H groups in total. The van der Waals surface area contributed by atoms with Gasteiger partial charge in [0.05, 0.1) is 11.8 Å². The maximum absolute atomic E-state index is 11.7. The molecule has 4 nitrogen and oxygen atoms in total. The number of carbonyl (C=O) groups is 1. The first-order chi connectivity index (χ1) is 10.8. The van der Waals surface area contributed by atoms with Gasteiger partial charge in [0.25, 0.3) is 0 Å². The maximum atomic E-state index is 11.7. The zero-order chi connectivity index (χ0) is 15.2. The molecule has 0 aromatic heterocycles. The molecule has 118 valence electrons. The highest BCUT2D eigenvalue weighted by Crippen LogP contribution is 2.24. The first-order valence-corrected chi connectivity index (χ1v) is 8.44. The van der Waals surface area contributed by atoms with Crippen molar-refractivity contribution in [1.29, 1.82) is 0 Å². The largest absolute Gasteiger partial charge is 0.490 e. The molecule has 2 saturated carbocycles. The van der Waals surface area contributed by atoms with Crippen LogP contribution < -0.4 is 10.2 Å². The average molecular weight is 300 g/mol. The molecule has 1 aromatic carbocycles. The molecular formula is C18H24N2O2. The minimum absolute atomic E-state index is 0.177. The van der Waals surface area contributed by atoms with E-state index in [1.54, 1.807) is 0 Å². The summed E-state index contributed by atoms with van der Waals surface area (Å²) in [4.78, 5) is 11.7. The second-order valence-electron chi connectivity index (χ2n) is 6.20. The molecule has 0 spiro atoms. The monoisotopic (exact) mass is 300 g/mol. The number of ketones is 1. The SMILES string of the molecule is O=C1CCCC/C1=N/Nc1ccc(OC2CCCCC2)cc1. The van der Waals surface area contributed by atoms with Crippen molar-refractivity contribution in [3.63, 3.8) is 0 Å². The summed E-state index contributed by atoms with van der Waals surface area (Å²) in [6.45, 7) is 0. The summed E-state index contributed by atoms with van der Waals surface area (Å²) < 4.78 is 6.00. The Kier molecular flexibility index (Phi) is 5.09. The lowest BCUT2D eigenvalue weighted by Gasteiger charge is -2.23. The maximum Gasteiger partial charge on any atom is 0.178 e. The topological polar surface area (TPSA) is 50.7 Å². The first kappa shape index (κ1) is 15.1. The first-order valence-electron chi connectivity index (χ1n) is 8.44. The van der Waals surface area contributed by atoms with Crippen molar-refractivity contribution in [3.8, 4) is 5.75 Å². The van der Waals surface area contributed by atoms with Crippen molar-refractivity contribution in [2.24, 2.45) is 5.10 Å². The normalized spacial score (nSPS) is 21.8. The van der Waals surface area contributed by atoms with Gasteiger partial charge in [0.2, 0.25) is 0 Å². The lowest BCUT2D eigenvalue weighted by Crippen LogP contribution is -2.20. The third kappa shape index (κ3) is 4.09. The Hall–Kier alpha value is -1.84. The van der Waals surface area contributed by atoms with Gasteiger partial charge in [0.1, 0.15) is 11.5 Å². The van der Waals surface area contributed by atoms with Gasteiger partial charge in [-0.2, -0.15) is 5.10 Å². The third-order valence-corrected chi connectivity index (χ3v) is 4.42. The molecule has 1 aromatic rings. The Morgan fingerprint density at radius 1 is 0.955 bits per heavy atom. The van der Waals surface area contributed by atoms with Crippen molar-refractivity contribution in [3.05, 3.63) is 24.3 Å². The average Bonchev–Trinajstić information content (AvgIpc) is 2.56. The number of hydrazone groups is 1. The number of anilines is 1. The van der Waals surface area contributed by atoms with Gasteiger partial charge in [0.15, 0.2) is 5.78 Å². The molecule has 0 bridgehead atoms. The van der Waals surface area contributed by atoms with E-state index >= 15 is 0 Å². The number of hydrogen-bond acceptors (Lipinski definition) is 4. The van der Waals surface area contributed by atoms with Crippen molar-refractivity contribution in [1.82, 2.24) is 0 Å². The number of nitrogens with zero attached hydrogens (tertiary/aromatic N) is 1. The smallest absolute Gasteiger partial charge is 0.178 e. The number of rotatable bonds is 4. The molecule has 2 fully saturated rings. The molecule has 0 atom stereocenters. The van der Waals surface area contributed by atoms with Gasteiger partial charge in [-0.25, -0.2) is 0 Å². The van der Waals surface area contributed by atoms with E-state index in [1.165, 1.54) is 19.3 Å². The second-order valence-corrected chi connectivity index (χ2v) is 6.20. The van der Waals surface area contributed by atoms with Gasteiger partial charge in [-0.1, -0.05) is 6.42 Å². The summed E-state index contributed by atoms with van der Waals surface area (Å²) in [5.41, 5.74) is 4.55. The molecule has 0 saturated heterocycles. The molecule has 22 heavy (non-hydrogen) atoms. The van der Waals surface area contributed by atoms with Gasteiger partial charge in [0, 0.05) is 6.42 Å². The van der Waals surface area contributed by atoms with Crippen molar-refractivity contribution in [2.45, 2.75) is 63.9 Å². The van der Waals surface area contributed by atoms with Gasteiger partial charge < -0.3 is 4.74 Å². The summed E-state index contributed by atoms with van der Waals surface area (Å²) in [6.07, 6.45) is 10.0. The van der Waals surface area contributed by atoms with E-state index in [0.29, 0.717) is 18.2 Å². The van der Waals surface area contributed by atoms with E-state index in [-0.39, 0.29) is 5.78 Å². The Morgan fingerprint density at radius 2 is 1.68 bits per heavy atom. The second kappa shape index (κ2) is 7.43. The minimum atomic E-state index is 0.177. The van der Waals surface area contributed by atoms with Gasteiger partial charge in [-0.3, -0.25) is 10.2 Å². The Labute approximate surface area is 131 Å². The highest BCUT2D eigenvalue weighted by atomic mass is 16.5. The molecular weight excluding hydrogens is 276 g/mol. The predicted molar refractivity (Wildman–Crippen MR) is 88.5 cm³/mol. The van der Waals surface area contributed by atoms with E-state index in [1.807, 2.05) is 24.3 Å². The summed E-state index contributed by atoms with van der Waals surface area (Å²) in [5, 5.41) is 4.26. The van der Waals surface area contributed by atoms with Crippen LogP contribution in [0.5, 0.6) is 5.75 Å². The van der Waals surface area contributed by atoms with Gasteiger partial charge >= 0.3 is 0 Å². The van der Waals surface area contributed by atoms with Crippen LogP contribution >= 0.6 is 0 Å². The summed E-state index contributed by atoms with van der Waals surface area (Å²) in [5.74, 6) is 1.09. The quantitative estimate of drug-likeness (QED) is 0.843. The van der Waals surface area contributed by atoms with Crippen LogP contribution in [0, 0.1) is 0 Å². The van der Waals surface area contributed by atoms with Crippen LogP contribution in [0.4, 0.5) is 5.69 Å². The van der Waals surface area contributed by atoms with Gasteiger partial charge in [-0.05, 0) is 69.2 Å². The van der Waals surface area contributed by atoms with Crippen LogP contribution in [0.1, 0.15) is 57.8 Å². The standard InChI is InChI=1S/C18H24N2O2/c21-18-9-5-4-8-17(18)20-19-14-10-12-16(13-11-14)22-15-6-2-1-3-7-15/h10-13,15,19H,1-9H2/b20-17-. The van der Waals surface area contributed by atoms with Crippen LogP contribution in [0.25, 0.3) is 0 Å². The number of ether oxygens (including phenoxy) is 1. The Bertz CT molecular complexity index is 531. The molecule has 3 rings (SSSR count). The van der Waals surface area contributed by atoms with E-state index in [0.717, 1.165) is 43.5 Å². The van der Waals surface area contributed by atoms with Crippen LogP contribution in [0.2, 0.25) is 0 Å². The van der Waals surface area contributed by atoms with E-state index in [9.17, 15) is 4.79 Å². The molecule has 4 heteroatoms. The zero-order valence-corrected chi connectivity index (χ0v) is 13.0. The fraction of sp³-hybridized carbons (Fsp3) is 0.556. The summed E-state index contributed by atoms with van der Waals surface area (Å²) >= 11 is 0. The molecule has 0 radical (unpaired) electrons. The molecule has 0 aliphatic heterocycles. The van der Waals surface area contributed by atoms with Gasteiger partial charge in [-0.15, -0.1) is 0 Å². The van der Waals surface area contributed by atoms with Crippen molar-refractivity contribution in [2.75, 3.05) is 5.43 Å². The lowest BCUT2D eigenvalue weighted by molar-refractivity contribution is -0.113. The molecule has 0 unspecified atom stereocenters. The number of benzene rings is 1.